The van der Waals surface area contributed by atoms with Gasteiger partial charge in [-0.05, 0) is 44.2 Å². The van der Waals surface area contributed by atoms with E-state index in [-0.39, 0.29) is 30.4 Å². The first-order valence-electron chi connectivity index (χ1n) is 8.55. The third-order valence-corrected chi connectivity index (χ3v) is 4.14. The first kappa shape index (κ1) is 18.4. The maximum atomic E-state index is 14.6. The largest absolute Gasteiger partial charge is 0.453 e. The normalized spacial score (nSPS) is 20.2. The Bertz CT molecular complexity index is 767. The van der Waals surface area contributed by atoms with Gasteiger partial charge in [-0.2, -0.15) is 0 Å². The average Bonchev–Trinajstić information content (AvgIpc) is 3.03. The highest BCUT2D eigenvalue weighted by Gasteiger charge is 2.24. The number of nitrogens with one attached hydrogen (secondary N) is 1. The Balaban J connectivity index is 1.69. The summed E-state index contributed by atoms with van der Waals surface area (Å²) in [5, 5.41) is 2.65. The topological polar surface area (TPSA) is 63.9 Å². The van der Waals surface area contributed by atoms with E-state index in [1.807, 2.05) is 18.7 Å². The van der Waals surface area contributed by atoms with E-state index in [9.17, 15) is 9.18 Å². The molecule has 2 aromatic rings. The van der Waals surface area contributed by atoms with Gasteiger partial charge < -0.3 is 24.1 Å². The molecule has 1 aromatic carbocycles. The zero-order valence-electron chi connectivity index (χ0n) is 15.1. The maximum Gasteiger partial charge on any atom is 0.291 e. The van der Waals surface area contributed by atoms with Crippen molar-refractivity contribution in [3.8, 4) is 0 Å². The lowest BCUT2D eigenvalue weighted by molar-refractivity contribution is -0.00539. The van der Waals surface area contributed by atoms with Crippen LogP contribution in [0.15, 0.2) is 34.7 Å². The Morgan fingerprint density at radius 1 is 1.27 bits per heavy atom. The van der Waals surface area contributed by atoms with Gasteiger partial charge in [-0.25, -0.2) is 4.39 Å². The Labute approximate surface area is 151 Å². The zero-order chi connectivity index (χ0) is 18.7. The van der Waals surface area contributed by atoms with Crippen molar-refractivity contribution >= 4 is 17.3 Å². The maximum absolute atomic E-state index is 14.6. The Kier molecular flexibility index (Phi) is 5.58. The number of amides is 1. The molecule has 0 aliphatic carbocycles. The standard InChI is InChI=1S/C19H23FN2O4/c1-12-9-22(10-13(2)25-12)17-6-4-14(8-16(17)20)21-19(23)18-7-5-15(26-18)11-24-3/h4-8,12-13H,9-11H2,1-3H3,(H,21,23)/t12-,13-/m1/s1. The van der Waals surface area contributed by atoms with Crippen molar-refractivity contribution in [2.45, 2.75) is 32.7 Å². The van der Waals surface area contributed by atoms with Crippen LogP contribution >= 0.6 is 0 Å². The van der Waals surface area contributed by atoms with Crippen molar-refractivity contribution in [2.24, 2.45) is 0 Å². The van der Waals surface area contributed by atoms with Crippen molar-refractivity contribution in [3.05, 3.63) is 47.7 Å². The van der Waals surface area contributed by atoms with Crippen molar-refractivity contribution in [1.82, 2.24) is 0 Å². The lowest BCUT2D eigenvalue weighted by atomic mass is 10.2. The second kappa shape index (κ2) is 7.88. The zero-order valence-corrected chi connectivity index (χ0v) is 15.1. The first-order valence-corrected chi connectivity index (χ1v) is 8.55. The van der Waals surface area contributed by atoms with Gasteiger partial charge in [0.15, 0.2) is 5.76 Å². The molecule has 0 unspecified atom stereocenters. The molecule has 0 spiro atoms. The monoisotopic (exact) mass is 362 g/mol. The lowest BCUT2D eigenvalue weighted by Gasteiger charge is -2.37. The third-order valence-electron chi connectivity index (χ3n) is 4.14. The van der Waals surface area contributed by atoms with Crippen LogP contribution in [0.3, 0.4) is 0 Å². The summed E-state index contributed by atoms with van der Waals surface area (Å²) in [6.45, 7) is 5.48. The summed E-state index contributed by atoms with van der Waals surface area (Å²) in [5.41, 5.74) is 0.876. The molecule has 1 N–H and O–H groups in total. The van der Waals surface area contributed by atoms with Crippen molar-refractivity contribution in [3.63, 3.8) is 0 Å². The summed E-state index contributed by atoms with van der Waals surface area (Å²) in [4.78, 5) is 14.2. The minimum Gasteiger partial charge on any atom is -0.453 e. The second-order valence-corrected chi connectivity index (χ2v) is 6.48. The molecular formula is C19H23FN2O4. The number of halogens is 1. The minimum absolute atomic E-state index is 0.0396. The molecule has 7 heteroatoms. The summed E-state index contributed by atoms with van der Waals surface area (Å²) in [6.07, 6.45) is 0.0792. The van der Waals surface area contributed by atoms with Crippen molar-refractivity contribution in [2.75, 3.05) is 30.4 Å². The van der Waals surface area contributed by atoms with E-state index in [0.29, 0.717) is 30.2 Å². The molecule has 1 saturated heterocycles. The van der Waals surface area contributed by atoms with Crippen LogP contribution in [0, 0.1) is 5.82 Å². The number of hydrogen-bond donors (Lipinski definition) is 1. The van der Waals surface area contributed by atoms with Crippen molar-refractivity contribution in [1.29, 1.82) is 0 Å². The van der Waals surface area contributed by atoms with E-state index in [0.717, 1.165) is 0 Å². The molecular weight excluding hydrogens is 339 g/mol. The molecule has 0 bridgehead atoms. The molecule has 26 heavy (non-hydrogen) atoms. The highest BCUT2D eigenvalue weighted by molar-refractivity contribution is 6.02. The average molecular weight is 362 g/mol. The van der Waals surface area contributed by atoms with Gasteiger partial charge in [-0.1, -0.05) is 0 Å². The SMILES string of the molecule is COCc1ccc(C(=O)Nc2ccc(N3C[C@@H](C)O[C@H](C)C3)c(F)c2)o1. The number of furan rings is 1. The van der Waals surface area contributed by atoms with Gasteiger partial charge in [0, 0.05) is 25.9 Å². The van der Waals surface area contributed by atoms with E-state index in [1.165, 1.54) is 6.07 Å². The van der Waals surface area contributed by atoms with Crippen LogP contribution in [0.5, 0.6) is 0 Å². The molecule has 1 aliphatic heterocycles. The number of carbonyl (C=O) groups is 1. The predicted molar refractivity (Wildman–Crippen MR) is 96.0 cm³/mol. The Morgan fingerprint density at radius 2 is 2.00 bits per heavy atom. The number of methoxy groups -OCH3 is 1. The number of anilines is 2. The van der Waals surface area contributed by atoms with Crippen LogP contribution in [0.25, 0.3) is 0 Å². The number of benzene rings is 1. The van der Waals surface area contributed by atoms with Gasteiger partial charge in [-0.3, -0.25) is 4.79 Å². The van der Waals surface area contributed by atoms with Gasteiger partial charge in [0.1, 0.15) is 18.2 Å². The van der Waals surface area contributed by atoms with E-state index in [2.05, 4.69) is 5.32 Å². The highest BCUT2D eigenvalue weighted by atomic mass is 19.1. The quantitative estimate of drug-likeness (QED) is 0.883. The summed E-state index contributed by atoms with van der Waals surface area (Å²) >= 11 is 0. The summed E-state index contributed by atoms with van der Waals surface area (Å²) in [5.74, 6) is -0.121. The van der Waals surface area contributed by atoms with Gasteiger partial charge in [0.25, 0.3) is 5.91 Å². The molecule has 1 aliphatic rings. The van der Waals surface area contributed by atoms with Crippen LogP contribution < -0.4 is 10.2 Å². The number of morpholine rings is 1. The summed E-state index contributed by atoms with van der Waals surface area (Å²) < 4.78 is 30.6. The molecule has 1 aromatic heterocycles. The van der Waals surface area contributed by atoms with E-state index < -0.39 is 5.91 Å². The number of carbonyl (C=O) groups excluding carboxylic acids is 1. The van der Waals surface area contributed by atoms with E-state index in [4.69, 9.17) is 13.9 Å². The number of nitrogens with zero attached hydrogens (tertiary/aromatic N) is 1. The second-order valence-electron chi connectivity index (χ2n) is 6.48. The predicted octanol–water partition coefficient (Wildman–Crippen LogP) is 3.43. The molecule has 0 saturated carbocycles. The molecule has 3 rings (SSSR count). The molecule has 1 fully saturated rings. The smallest absolute Gasteiger partial charge is 0.291 e. The van der Waals surface area contributed by atoms with E-state index in [1.54, 1.807) is 31.4 Å². The van der Waals surface area contributed by atoms with Gasteiger partial charge >= 0.3 is 0 Å². The van der Waals surface area contributed by atoms with Crippen LogP contribution in [-0.2, 0) is 16.1 Å². The van der Waals surface area contributed by atoms with Gasteiger partial charge in [0.05, 0.1) is 17.9 Å². The van der Waals surface area contributed by atoms with E-state index >= 15 is 0 Å². The molecule has 140 valence electrons. The fraction of sp³-hybridized carbons (Fsp3) is 0.421. The highest BCUT2D eigenvalue weighted by Crippen LogP contribution is 2.26. The Hall–Kier alpha value is -2.38. The van der Waals surface area contributed by atoms with Gasteiger partial charge in [0.2, 0.25) is 0 Å². The fourth-order valence-corrected chi connectivity index (χ4v) is 3.13. The number of hydrogen-bond acceptors (Lipinski definition) is 5. The van der Waals surface area contributed by atoms with Gasteiger partial charge in [-0.15, -0.1) is 0 Å². The van der Waals surface area contributed by atoms with Crippen molar-refractivity contribution < 1.29 is 23.1 Å². The summed E-state index contributed by atoms with van der Waals surface area (Å²) in [7, 11) is 1.54. The van der Waals surface area contributed by atoms with Crippen LogP contribution in [-0.4, -0.2) is 38.3 Å². The fourth-order valence-electron chi connectivity index (χ4n) is 3.13. The molecule has 2 heterocycles. The molecule has 2 atom stereocenters. The summed E-state index contributed by atoms with van der Waals surface area (Å²) in [6, 6.07) is 7.90. The molecule has 0 radical (unpaired) electrons. The molecule has 1 amide bonds. The van der Waals surface area contributed by atoms with Crippen LogP contribution in [0.2, 0.25) is 0 Å². The number of ether oxygens (including phenoxy) is 2. The lowest BCUT2D eigenvalue weighted by Crippen LogP contribution is -2.45. The molecule has 6 nitrogen and oxygen atoms in total. The number of rotatable bonds is 5. The Morgan fingerprint density at radius 3 is 2.65 bits per heavy atom. The minimum atomic E-state index is -0.437. The van der Waals surface area contributed by atoms with Crippen LogP contribution in [0.4, 0.5) is 15.8 Å². The van der Waals surface area contributed by atoms with Crippen LogP contribution in [0.1, 0.15) is 30.2 Å². The third kappa shape index (κ3) is 4.23. The first-order chi connectivity index (χ1) is 12.5.